The Morgan fingerprint density at radius 2 is 1.88 bits per heavy atom. The van der Waals surface area contributed by atoms with Gasteiger partial charge >= 0.3 is 0 Å². The Labute approximate surface area is 166 Å². The van der Waals surface area contributed by atoms with Crippen LogP contribution in [0.5, 0.6) is 5.75 Å². The average Bonchev–Trinajstić information content (AvgIpc) is 3.14. The summed E-state index contributed by atoms with van der Waals surface area (Å²) in [5.74, 6) is 2.37. The number of methoxy groups -OCH3 is 1. The first kappa shape index (κ1) is 19.9. The van der Waals surface area contributed by atoms with Crippen LogP contribution in [0, 0.1) is 0 Å². The van der Waals surface area contributed by atoms with Gasteiger partial charge in [0.2, 0.25) is 0 Å². The summed E-state index contributed by atoms with van der Waals surface area (Å²) >= 11 is 4.85. The number of nitrogens with zero attached hydrogens (tertiary/aromatic N) is 2. The molecule has 6 nitrogen and oxygen atoms in total. The van der Waals surface area contributed by atoms with Crippen LogP contribution >= 0.6 is 34.9 Å². The van der Waals surface area contributed by atoms with Crippen LogP contribution in [-0.4, -0.2) is 67.1 Å². The fraction of sp³-hybridized carbons (Fsp3) is 0.529. The van der Waals surface area contributed by atoms with Crippen LogP contribution in [0.3, 0.4) is 0 Å². The number of hydrogen-bond donors (Lipinski definition) is 2. The molecule has 1 aliphatic heterocycles. The third kappa shape index (κ3) is 6.40. The molecule has 26 heavy (non-hydrogen) atoms. The van der Waals surface area contributed by atoms with E-state index in [2.05, 4.69) is 22.3 Å². The molecule has 0 aliphatic carbocycles. The van der Waals surface area contributed by atoms with E-state index in [1.54, 1.807) is 42.0 Å². The van der Waals surface area contributed by atoms with E-state index in [1.807, 2.05) is 12.1 Å². The van der Waals surface area contributed by atoms with Crippen LogP contribution in [0.4, 0.5) is 0 Å². The van der Waals surface area contributed by atoms with Gasteiger partial charge in [-0.15, -0.1) is 10.2 Å². The van der Waals surface area contributed by atoms with Crippen LogP contribution in [0.25, 0.3) is 0 Å². The number of quaternary nitrogens is 1. The Morgan fingerprint density at radius 3 is 2.58 bits per heavy atom. The van der Waals surface area contributed by atoms with Crippen LogP contribution in [0.2, 0.25) is 0 Å². The number of hydrogen-bond acceptors (Lipinski definition) is 8. The highest BCUT2D eigenvalue weighted by Crippen LogP contribution is 2.31. The molecule has 0 spiro atoms. The predicted octanol–water partition coefficient (Wildman–Crippen LogP) is 1.21. The largest absolute Gasteiger partial charge is 0.497 e. The van der Waals surface area contributed by atoms with Crippen molar-refractivity contribution >= 4 is 34.9 Å². The Balaban J connectivity index is 1.39. The van der Waals surface area contributed by atoms with Crippen LogP contribution < -0.4 is 9.64 Å². The summed E-state index contributed by atoms with van der Waals surface area (Å²) in [4.78, 5) is 1.41. The molecule has 3 rings (SSSR count). The molecular formula is C17H24N3O3S3+. The van der Waals surface area contributed by atoms with Crippen LogP contribution in [-0.2, 0) is 10.5 Å². The maximum absolute atomic E-state index is 10.2. The molecule has 9 heteroatoms. The molecule has 142 valence electrons. The maximum Gasteiger partial charge on any atom is 0.175 e. The van der Waals surface area contributed by atoms with Crippen molar-refractivity contribution in [1.29, 1.82) is 0 Å². The van der Waals surface area contributed by atoms with Crippen LogP contribution in [0.15, 0.2) is 32.9 Å². The quantitative estimate of drug-likeness (QED) is 0.598. The van der Waals surface area contributed by atoms with E-state index in [-0.39, 0.29) is 6.10 Å². The van der Waals surface area contributed by atoms with Crippen molar-refractivity contribution < 1.29 is 19.5 Å². The van der Waals surface area contributed by atoms with Crippen LogP contribution in [0.1, 0.15) is 5.56 Å². The molecule has 2 aromatic rings. The highest BCUT2D eigenvalue weighted by molar-refractivity contribution is 8.02. The van der Waals surface area contributed by atoms with Crippen molar-refractivity contribution in [3.63, 3.8) is 0 Å². The zero-order valence-electron chi connectivity index (χ0n) is 14.7. The first-order valence-corrected chi connectivity index (χ1v) is 11.3. The first-order chi connectivity index (χ1) is 12.7. The molecule has 1 aliphatic rings. The number of nitrogens with one attached hydrogen (secondary N) is 1. The number of morpholine rings is 1. The lowest BCUT2D eigenvalue weighted by atomic mass is 10.2. The summed E-state index contributed by atoms with van der Waals surface area (Å²) in [6.45, 7) is 4.31. The van der Waals surface area contributed by atoms with Gasteiger partial charge in [0.05, 0.1) is 20.3 Å². The fourth-order valence-electron chi connectivity index (χ4n) is 2.60. The van der Waals surface area contributed by atoms with Gasteiger partial charge in [-0.3, -0.25) is 0 Å². The van der Waals surface area contributed by atoms with Gasteiger partial charge in [-0.1, -0.05) is 47.0 Å². The van der Waals surface area contributed by atoms with Crippen molar-refractivity contribution in [2.24, 2.45) is 0 Å². The summed E-state index contributed by atoms with van der Waals surface area (Å²) in [6.07, 6.45) is -0.326. The standard InChI is InChI=1S/C17H23N3O3S3/c1-22-15-4-2-13(3-5-15)11-24-16-18-19-17(26-16)25-12-14(21)10-20-6-8-23-9-7-20/h2-5,14,21H,6-12H2,1H3/p+1/t14-/m1/s1. The van der Waals surface area contributed by atoms with Gasteiger partial charge < -0.3 is 19.5 Å². The summed E-state index contributed by atoms with van der Waals surface area (Å²) in [5, 5.41) is 18.7. The topological polar surface area (TPSA) is 68.9 Å². The number of aliphatic hydroxyl groups excluding tert-OH is 1. The minimum Gasteiger partial charge on any atom is -0.497 e. The molecule has 0 unspecified atom stereocenters. The zero-order valence-corrected chi connectivity index (χ0v) is 17.2. The molecule has 0 amide bonds. The normalized spacial score (nSPS) is 16.5. The SMILES string of the molecule is COc1ccc(CSc2nnc(SC[C@H](O)C[NH+]3CCOCC3)s2)cc1. The van der Waals surface area contributed by atoms with Crippen molar-refractivity contribution in [1.82, 2.24) is 10.2 Å². The monoisotopic (exact) mass is 414 g/mol. The lowest BCUT2D eigenvalue weighted by Gasteiger charge is -2.25. The number of rotatable bonds is 9. The molecule has 0 bridgehead atoms. The number of benzene rings is 1. The lowest BCUT2D eigenvalue weighted by Crippen LogP contribution is -3.15. The van der Waals surface area contributed by atoms with Crippen molar-refractivity contribution in [2.45, 2.75) is 20.5 Å². The predicted molar refractivity (Wildman–Crippen MR) is 106 cm³/mol. The smallest absolute Gasteiger partial charge is 0.175 e. The number of thioether (sulfide) groups is 2. The second-order valence-electron chi connectivity index (χ2n) is 6.00. The third-order valence-electron chi connectivity index (χ3n) is 4.03. The third-order valence-corrected chi connectivity index (χ3v) is 7.44. The summed E-state index contributed by atoms with van der Waals surface area (Å²) in [6, 6.07) is 8.06. The number of aliphatic hydroxyl groups is 1. The van der Waals surface area contributed by atoms with Gasteiger partial charge in [-0.25, -0.2) is 0 Å². The fourth-order valence-corrected chi connectivity index (χ4v) is 5.53. The van der Waals surface area contributed by atoms with Gasteiger partial charge in [0, 0.05) is 11.5 Å². The number of aromatic nitrogens is 2. The molecular weight excluding hydrogens is 390 g/mol. The molecule has 1 aromatic carbocycles. The van der Waals surface area contributed by atoms with E-state index < -0.39 is 0 Å². The Morgan fingerprint density at radius 1 is 1.19 bits per heavy atom. The lowest BCUT2D eigenvalue weighted by molar-refractivity contribution is -0.910. The van der Waals surface area contributed by atoms with Gasteiger partial charge in [0.1, 0.15) is 31.5 Å². The van der Waals surface area contributed by atoms with E-state index in [0.717, 1.165) is 53.0 Å². The minimum absolute atomic E-state index is 0.326. The van der Waals surface area contributed by atoms with Crippen molar-refractivity contribution in [2.75, 3.05) is 45.7 Å². The second-order valence-corrected chi connectivity index (χ2v) is 9.47. The average molecular weight is 415 g/mol. The van der Waals surface area contributed by atoms with Gasteiger partial charge in [-0.05, 0) is 17.7 Å². The zero-order chi connectivity index (χ0) is 18.2. The van der Waals surface area contributed by atoms with E-state index in [0.29, 0.717) is 5.75 Å². The Hall–Kier alpha value is -0.840. The number of ether oxygens (including phenoxy) is 2. The second kappa shape index (κ2) is 10.5. The summed E-state index contributed by atoms with van der Waals surface area (Å²) < 4.78 is 12.4. The van der Waals surface area contributed by atoms with E-state index >= 15 is 0 Å². The van der Waals surface area contributed by atoms with Crippen molar-refractivity contribution in [3.8, 4) is 5.75 Å². The highest BCUT2D eigenvalue weighted by atomic mass is 32.2. The Kier molecular flexibility index (Phi) is 8.03. The molecule has 2 N–H and O–H groups in total. The molecule has 0 radical (unpaired) electrons. The maximum atomic E-state index is 10.2. The van der Waals surface area contributed by atoms with Crippen molar-refractivity contribution in [3.05, 3.63) is 29.8 Å². The van der Waals surface area contributed by atoms with Gasteiger partial charge in [0.15, 0.2) is 8.68 Å². The van der Waals surface area contributed by atoms with Gasteiger partial charge in [-0.2, -0.15) is 0 Å². The molecule has 1 aromatic heterocycles. The molecule has 0 saturated carbocycles. The first-order valence-electron chi connectivity index (χ1n) is 8.54. The molecule has 1 fully saturated rings. The highest BCUT2D eigenvalue weighted by Gasteiger charge is 2.19. The Bertz CT molecular complexity index is 663. The summed E-state index contributed by atoms with van der Waals surface area (Å²) in [7, 11) is 1.67. The summed E-state index contributed by atoms with van der Waals surface area (Å²) in [5.41, 5.74) is 1.23. The van der Waals surface area contributed by atoms with E-state index in [9.17, 15) is 5.11 Å². The molecule has 1 saturated heterocycles. The molecule has 1 atom stereocenters. The molecule has 2 heterocycles. The van der Waals surface area contributed by atoms with E-state index in [1.165, 1.54) is 10.5 Å². The van der Waals surface area contributed by atoms with E-state index in [4.69, 9.17) is 9.47 Å². The van der Waals surface area contributed by atoms with Gasteiger partial charge in [0.25, 0.3) is 0 Å². The minimum atomic E-state index is -0.326.